The molecule has 5 nitrogen and oxygen atoms in total. The predicted molar refractivity (Wildman–Crippen MR) is 104 cm³/mol. The lowest BCUT2D eigenvalue weighted by Gasteiger charge is -2.12. The second-order valence-corrected chi connectivity index (χ2v) is 5.85. The number of carbonyl (C=O) groups is 1. The largest absolute Gasteiger partial charge is 0.396 e. The van der Waals surface area contributed by atoms with Crippen molar-refractivity contribution in [3.63, 3.8) is 0 Å². The number of para-hydroxylation sites is 1. The first-order valence-electron chi connectivity index (χ1n) is 8.49. The molecule has 0 aliphatic rings. The molecular formula is C21H21N3O2. The topological polar surface area (TPSA) is 74.2 Å². The van der Waals surface area contributed by atoms with Gasteiger partial charge in [0.15, 0.2) is 0 Å². The van der Waals surface area contributed by atoms with Gasteiger partial charge in [0.25, 0.3) is 0 Å². The van der Waals surface area contributed by atoms with Crippen molar-refractivity contribution in [2.45, 2.75) is 6.42 Å². The summed E-state index contributed by atoms with van der Waals surface area (Å²) in [7, 11) is 0. The fraction of sp³-hybridized carbons (Fsp3) is 0.143. The molecule has 0 radical (unpaired) electrons. The first kappa shape index (κ1) is 17.6. The fourth-order valence-electron chi connectivity index (χ4n) is 2.70. The highest BCUT2D eigenvalue weighted by molar-refractivity contribution is 5.94. The molecule has 2 aromatic carbocycles. The van der Waals surface area contributed by atoms with Crippen LogP contribution in [-0.2, 0) is 11.2 Å². The highest BCUT2D eigenvalue weighted by Gasteiger charge is 2.06. The van der Waals surface area contributed by atoms with Crippen LogP contribution in [0.3, 0.4) is 0 Å². The highest BCUT2D eigenvalue weighted by Crippen LogP contribution is 2.20. The highest BCUT2D eigenvalue weighted by atomic mass is 16.3. The zero-order valence-corrected chi connectivity index (χ0v) is 14.4. The number of amides is 1. The molecule has 26 heavy (non-hydrogen) atoms. The van der Waals surface area contributed by atoms with Gasteiger partial charge in [0.2, 0.25) is 5.91 Å². The number of hydrogen-bond donors (Lipinski definition) is 3. The summed E-state index contributed by atoms with van der Waals surface area (Å²) >= 11 is 0. The van der Waals surface area contributed by atoms with Crippen molar-refractivity contribution in [1.82, 2.24) is 4.98 Å². The predicted octanol–water partition coefficient (Wildman–Crippen LogP) is 3.33. The van der Waals surface area contributed by atoms with Gasteiger partial charge in [-0.15, -0.1) is 0 Å². The van der Waals surface area contributed by atoms with E-state index in [9.17, 15) is 4.79 Å². The number of nitrogens with zero attached hydrogens (tertiary/aromatic N) is 1. The molecule has 0 bridgehead atoms. The Labute approximate surface area is 152 Å². The van der Waals surface area contributed by atoms with Crippen molar-refractivity contribution < 1.29 is 9.90 Å². The molecule has 0 aliphatic heterocycles. The van der Waals surface area contributed by atoms with E-state index in [-0.39, 0.29) is 19.1 Å². The standard InChI is InChI=1S/C21H21N3O2/c25-14-11-18-3-1-2-4-20(18)23-15-21(26)24-19-7-5-16(6-8-19)17-9-12-22-13-10-17/h1-10,12-13,23,25H,11,14-15H2,(H,24,26). The van der Waals surface area contributed by atoms with E-state index in [0.717, 1.165) is 28.1 Å². The molecule has 1 aromatic heterocycles. The minimum Gasteiger partial charge on any atom is -0.396 e. The van der Waals surface area contributed by atoms with Crippen LogP contribution in [0, 0.1) is 0 Å². The molecule has 0 fully saturated rings. The normalized spacial score (nSPS) is 10.3. The average Bonchev–Trinajstić information content (AvgIpc) is 2.69. The molecule has 1 amide bonds. The van der Waals surface area contributed by atoms with Crippen LogP contribution in [0.15, 0.2) is 73.1 Å². The Bertz CT molecular complexity index is 849. The van der Waals surface area contributed by atoms with Crippen molar-refractivity contribution in [2.75, 3.05) is 23.8 Å². The van der Waals surface area contributed by atoms with Gasteiger partial charge in [-0.25, -0.2) is 0 Å². The Morgan fingerprint density at radius 3 is 2.35 bits per heavy atom. The summed E-state index contributed by atoms with van der Waals surface area (Å²) in [6.45, 7) is 0.239. The fourth-order valence-corrected chi connectivity index (χ4v) is 2.70. The molecule has 0 unspecified atom stereocenters. The number of hydrogen-bond acceptors (Lipinski definition) is 4. The average molecular weight is 347 g/mol. The Morgan fingerprint density at radius 2 is 1.62 bits per heavy atom. The lowest BCUT2D eigenvalue weighted by Crippen LogP contribution is -2.22. The molecule has 0 saturated carbocycles. The summed E-state index contributed by atoms with van der Waals surface area (Å²) < 4.78 is 0. The molecule has 0 aliphatic carbocycles. The quantitative estimate of drug-likeness (QED) is 0.613. The summed E-state index contributed by atoms with van der Waals surface area (Å²) in [6, 6.07) is 19.3. The number of aliphatic hydroxyl groups excluding tert-OH is 1. The third kappa shape index (κ3) is 4.68. The van der Waals surface area contributed by atoms with Crippen molar-refractivity contribution >= 4 is 17.3 Å². The van der Waals surface area contributed by atoms with Gasteiger partial charge in [-0.05, 0) is 53.4 Å². The number of nitrogens with one attached hydrogen (secondary N) is 2. The molecule has 1 heterocycles. The van der Waals surface area contributed by atoms with Crippen molar-refractivity contribution in [3.05, 3.63) is 78.6 Å². The summed E-state index contributed by atoms with van der Waals surface area (Å²) in [5, 5.41) is 15.1. The molecule has 0 atom stereocenters. The second-order valence-electron chi connectivity index (χ2n) is 5.85. The monoisotopic (exact) mass is 347 g/mol. The maximum atomic E-state index is 12.2. The van der Waals surface area contributed by atoms with Gasteiger partial charge >= 0.3 is 0 Å². The van der Waals surface area contributed by atoms with E-state index >= 15 is 0 Å². The minimum atomic E-state index is -0.125. The number of anilines is 2. The van der Waals surface area contributed by atoms with Gasteiger partial charge in [-0.2, -0.15) is 0 Å². The zero-order chi connectivity index (χ0) is 18.2. The van der Waals surface area contributed by atoms with Crippen molar-refractivity contribution in [1.29, 1.82) is 0 Å². The molecule has 0 saturated heterocycles. The van der Waals surface area contributed by atoms with Gasteiger partial charge in [0, 0.05) is 30.4 Å². The Balaban J connectivity index is 1.57. The van der Waals surface area contributed by atoms with Crippen LogP contribution >= 0.6 is 0 Å². The van der Waals surface area contributed by atoms with E-state index < -0.39 is 0 Å². The third-order valence-electron chi connectivity index (χ3n) is 4.02. The van der Waals surface area contributed by atoms with Gasteiger partial charge in [-0.3, -0.25) is 9.78 Å². The molecule has 132 valence electrons. The van der Waals surface area contributed by atoms with Gasteiger partial charge in [-0.1, -0.05) is 30.3 Å². The van der Waals surface area contributed by atoms with Gasteiger partial charge in [0.1, 0.15) is 0 Å². The Morgan fingerprint density at radius 1 is 0.923 bits per heavy atom. The zero-order valence-electron chi connectivity index (χ0n) is 14.4. The van der Waals surface area contributed by atoms with Crippen LogP contribution in [0.4, 0.5) is 11.4 Å². The maximum Gasteiger partial charge on any atom is 0.243 e. The van der Waals surface area contributed by atoms with E-state index in [1.165, 1.54) is 0 Å². The Kier molecular flexibility index (Phi) is 5.96. The van der Waals surface area contributed by atoms with Crippen LogP contribution in [0.5, 0.6) is 0 Å². The number of carbonyl (C=O) groups excluding carboxylic acids is 1. The molecule has 3 rings (SSSR count). The van der Waals surface area contributed by atoms with E-state index in [2.05, 4.69) is 15.6 Å². The van der Waals surface area contributed by atoms with Crippen LogP contribution in [0.2, 0.25) is 0 Å². The lowest BCUT2D eigenvalue weighted by molar-refractivity contribution is -0.114. The van der Waals surface area contributed by atoms with Gasteiger partial charge in [0.05, 0.1) is 6.54 Å². The first-order valence-corrected chi connectivity index (χ1v) is 8.49. The molecule has 5 heteroatoms. The number of pyridine rings is 1. The Hall–Kier alpha value is -3.18. The SMILES string of the molecule is O=C(CNc1ccccc1CCO)Nc1ccc(-c2ccncc2)cc1. The van der Waals surface area contributed by atoms with Crippen molar-refractivity contribution in [3.8, 4) is 11.1 Å². The maximum absolute atomic E-state index is 12.2. The molecule has 3 aromatic rings. The summed E-state index contributed by atoms with van der Waals surface area (Å²) in [5.74, 6) is -0.125. The van der Waals surface area contributed by atoms with E-state index in [1.807, 2.05) is 60.7 Å². The van der Waals surface area contributed by atoms with E-state index in [1.54, 1.807) is 12.4 Å². The first-order chi connectivity index (χ1) is 12.8. The summed E-state index contributed by atoms with van der Waals surface area (Å²) in [4.78, 5) is 16.2. The smallest absolute Gasteiger partial charge is 0.243 e. The van der Waals surface area contributed by atoms with Crippen molar-refractivity contribution in [2.24, 2.45) is 0 Å². The molecule has 0 spiro atoms. The van der Waals surface area contributed by atoms with Crippen LogP contribution in [0.25, 0.3) is 11.1 Å². The number of aliphatic hydroxyl groups is 1. The van der Waals surface area contributed by atoms with Crippen LogP contribution in [-0.4, -0.2) is 29.1 Å². The minimum absolute atomic E-state index is 0.0781. The lowest BCUT2D eigenvalue weighted by atomic mass is 10.1. The second kappa shape index (κ2) is 8.78. The number of aromatic nitrogens is 1. The third-order valence-corrected chi connectivity index (χ3v) is 4.02. The molecule has 3 N–H and O–H groups in total. The number of benzene rings is 2. The van der Waals surface area contributed by atoms with Crippen LogP contribution < -0.4 is 10.6 Å². The van der Waals surface area contributed by atoms with Gasteiger partial charge < -0.3 is 15.7 Å². The number of rotatable bonds is 7. The molecular weight excluding hydrogens is 326 g/mol. The summed E-state index contributed by atoms with van der Waals surface area (Å²) in [6.07, 6.45) is 4.07. The van der Waals surface area contributed by atoms with E-state index in [0.29, 0.717) is 6.42 Å². The van der Waals surface area contributed by atoms with Crippen LogP contribution in [0.1, 0.15) is 5.56 Å². The summed E-state index contributed by atoms with van der Waals surface area (Å²) in [5.41, 5.74) is 4.76. The van der Waals surface area contributed by atoms with E-state index in [4.69, 9.17) is 5.11 Å².